The van der Waals surface area contributed by atoms with E-state index >= 15 is 0 Å². The van der Waals surface area contributed by atoms with E-state index in [1.807, 2.05) is 32.9 Å². The lowest BCUT2D eigenvalue weighted by molar-refractivity contribution is 0.145. The number of pyridine rings is 1. The fourth-order valence-corrected chi connectivity index (χ4v) is 2.71. The number of hydrogen-bond acceptors (Lipinski definition) is 4. The first kappa shape index (κ1) is 17.9. The number of hydrogen-bond donors (Lipinski definition) is 2. The number of carbonyl (C=O) groups is 1. The van der Waals surface area contributed by atoms with Gasteiger partial charge in [-0.2, -0.15) is 5.10 Å². The molecular formula is C17H25N5O2. The van der Waals surface area contributed by atoms with E-state index in [1.54, 1.807) is 24.4 Å². The Hall–Kier alpha value is -2.41. The van der Waals surface area contributed by atoms with Gasteiger partial charge in [0.05, 0.1) is 18.3 Å². The Balaban J connectivity index is 2.06. The van der Waals surface area contributed by atoms with Gasteiger partial charge in [0.25, 0.3) is 0 Å². The first-order chi connectivity index (χ1) is 11.5. The minimum absolute atomic E-state index is 0.129. The molecule has 2 aromatic rings. The van der Waals surface area contributed by atoms with Gasteiger partial charge in [-0.1, -0.05) is 6.07 Å². The quantitative estimate of drug-likeness (QED) is 0.816. The van der Waals surface area contributed by atoms with Crippen LogP contribution in [0.1, 0.15) is 35.5 Å². The van der Waals surface area contributed by atoms with Crippen LogP contribution < -0.4 is 5.32 Å². The van der Waals surface area contributed by atoms with Crippen LogP contribution in [-0.4, -0.2) is 46.4 Å². The summed E-state index contributed by atoms with van der Waals surface area (Å²) in [6.45, 7) is 7.32. The van der Waals surface area contributed by atoms with Crippen molar-refractivity contribution < 1.29 is 9.53 Å². The lowest BCUT2D eigenvalue weighted by atomic mass is 10.1. The zero-order valence-corrected chi connectivity index (χ0v) is 14.7. The largest absolute Gasteiger partial charge is 0.383 e. The third-order valence-corrected chi connectivity index (χ3v) is 3.91. The van der Waals surface area contributed by atoms with Crippen LogP contribution in [0.15, 0.2) is 24.5 Å². The van der Waals surface area contributed by atoms with E-state index in [4.69, 9.17) is 4.74 Å². The number of methoxy groups -OCH3 is 1. The van der Waals surface area contributed by atoms with Crippen LogP contribution in [0.3, 0.4) is 0 Å². The maximum atomic E-state index is 12.7. The summed E-state index contributed by atoms with van der Waals surface area (Å²) >= 11 is 0. The molecule has 2 N–H and O–H groups in total. The van der Waals surface area contributed by atoms with Crippen molar-refractivity contribution in [3.63, 3.8) is 0 Å². The molecule has 7 nitrogen and oxygen atoms in total. The molecule has 7 heteroatoms. The Morgan fingerprint density at radius 1 is 1.46 bits per heavy atom. The third-order valence-electron chi connectivity index (χ3n) is 3.91. The van der Waals surface area contributed by atoms with Crippen molar-refractivity contribution in [1.82, 2.24) is 25.4 Å². The molecule has 0 aromatic carbocycles. The Labute approximate surface area is 142 Å². The molecule has 0 aliphatic heterocycles. The SMILES string of the molecule is COCCN(Cc1cccnc1)C(=O)N[C@H](C)c1c(C)n[nH]c1C. The van der Waals surface area contributed by atoms with Crippen molar-refractivity contribution in [2.45, 2.75) is 33.4 Å². The van der Waals surface area contributed by atoms with Crippen molar-refractivity contribution >= 4 is 6.03 Å². The molecule has 0 aliphatic rings. The summed E-state index contributed by atoms with van der Waals surface area (Å²) < 4.78 is 5.12. The number of amides is 2. The molecule has 2 amide bonds. The van der Waals surface area contributed by atoms with Crippen molar-refractivity contribution in [3.8, 4) is 0 Å². The van der Waals surface area contributed by atoms with Crippen LogP contribution in [-0.2, 0) is 11.3 Å². The number of nitrogens with one attached hydrogen (secondary N) is 2. The fraction of sp³-hybridized carbons (Fsp3) is 0.471. The average molecular weight is 331 g/mol. The van der Waals surface area contributed by atoms with Gasteiger partial charge in [-0.3, -0.25) is 10.1 Å². The summed E-state index contributed by atoms with van der Waals surface area (Å²) in [5.74, 6) is 0. The van der Waals surface area contributed by atoms with Gasteiger partial charge < -0.3 is 15.0 Å². The minimum atomic E-state index is -0.136. The molecular weight excluding hydrogens is 306 g/mol. The summed E-state index contributed by atoms with van der Waals surface area (Å²) in [5.41, 5.74) is 3.87. The second-order valence-electron chi connectivity index (χ2n) is 5.79. The predicted molar refractivity (Wildman–Crippen MR) is 91.5 cm³/mol. The number of ether oxygens (including phenoxy) is 1. The van der Waals surface area contributed by atoms with E-state index in [2.05, 4.69) is 20.5 Å². The smallest absolute Gasteiger partial charge is 0.318 e. The highest BCUT2D eigenvalue weighted by Gasteiger charge is 2.20. The average Bonchev–Trinajstić information content (AvgIpc) is 2.91. The van der Waals surface area contributed by atoms with Crippen molar-refractivity contribution in [2.24, 2.45) is 0 Å². The molecule has 0 saturated heterocycles. The Morgan fingerprint density at radius 2 is 2.25 bits per heavy atom. The topological polar surface area (TPSA) is 83.1 Å². The molecule has 2 rings (SSSR count). The Morgan fingerprint density at radius 3 is 2.83 bits per heavy atom. The predicted octanol–water partition coefficient (Wildman–Crippen LogP) is 2.34. The molecule has 0 fully saturated rings. The highest BCUT2D eigenvalue weighted by Crippen LogP contribution is 2.19. The zero-order valence-electron chi connectivity index (χ0n) is 14.7. The van der Waals surface area contributed by atoms with E-state index < -0.39 is 0 Å². The van der Waals surface area contributed by atoms with Crippen LogP contribution in [0.2, 0.25) is 0 Å². The van der Waals surface area contributed by atoms with Crippen LogP contribution >= 0.6 is 0 Å². The standard InChI is InChI=1S/C17H25N5O2/c1-12(16-13(2)20-21-14(16)3)19-17(23)22(8-9-24-4)11-15-6-5-7-18-10-15/h5-7,10,12H,8-9,11H2,1-4H3,(H,19,23)(H,20,21)/t12-/m1/s1. The maximum absolute atomic E-state index is 12.7. The molecule has 0 aliphatic carbocycles. The summed E-state index contributed by atoms with van der Waals surface area (Å²) in [4.78, 5) is 18.5. The van der Waals surface area contributed by atoms with Crippen molar-refractivity contribution in [3.05, 3.63) is 47.0 Å². The second kappa shape index (κ2) is 8.44. The lowest BCUT2D eigenvalue weighted by Gasteiger charge is -2.25. The molecule has 0 unspecified atom stereocenters. The zero-order chi connectivity index (χ0) is 17.5. The summed E-state index contributed by atoms with van der Waals surface area (Å²) in [6.07, 6.45) is 3.48. The van der Waals surface area contributed by atoms with Gasteiger partial charge in [-0.25, -0.2) is 4.79 Å². The molecule has 24 heavy (non-hydrogen) atoms. The van der Waals surface area contributed by atoms with Gasteiger partial charge in [0.2, 0.25) is 0 Å². The van der Waals surface area contributed by atoms with E-state index in [0.717, 1.165) is 22.5 Å². The number of urea groups is 1. The fourth-order valence-electron chi connectivity index (χ4n) is 2.71. The van der Waals surface area contributed by atoms with Gasteiger partial charge in [0.15, 0.2) is 0 Å². The van der Waals surface area contributed by atoms with E-state index in [1.165, 1.54) is 0 Å². The summed E-state index contributed by atoms with van der Waals surface area (Å²) in [6, 6.07) is 3.55. The minimum Gasteiger partial charge on any atom is -0.383 e. The van der Waals surface area contributed by atoms with Crippen molar-refractivity contribution in [2.75, 3.05) is 20.3 Å². The van der Waals surface area contributed by atoms with Gasteiger partial charge in [-0.15, -0.1) is 0 Å². The number of carbonyl (C=O) groups excluding carboxylic acids is 1. The highest BCUT2D eigenvalue weighted by atomic mass is 16.5. The molecule has 0 saturated carbocycles. The van der Waals surface area contributed by atoms with E-state index in [0.29, 0.717) is 19.7 Å². The second-order valence-corrected chi connectivity index (χ2v) is 5.79. The van der Waals surface area contributed by atoms with Crippen LogP contribution in [0.25, 0.3) is 0 Å². The third kappa shape index (κ3) is 4.55. The Kier molecular flexibility index (Phi) is 6.31. The van der Waals surface area contributed by atoms with Gasteiger partial charge in [0, 0.05) is 43.9 Å². The van der Waals surface area contributed by atoms with Gasteiger partial charge in [0.1, 0.15) is 0 Å². The summed E-state index contributed by atoms with van der Waals surface area (Å²) in [5, 5.41) is 10.2. The molecule has 2 aromatic heterocycles. The number of aryl methyl sites for hydroxylation is 2. The maximum Gasteiger partial charge on any atom is 0.318 e. The van der Waals surface area contributed by atoms with Crippen LogP contribution in [0.5, 0.6) is 0 Å². The highest BCUT2D eigenvalue weighted by molar-refractivity contribution is 5.74. The first-order valence-electron chi connectivity index (χ1n) is 7.97. The molecule has 130 valence electrons. The van der Waals surface area contributed by atoms with E-state index in [9.17, 15) is 4.79 Å². The molecule has 1 atom stereocenters. The number of nitrogens with zero attached hydrogens (tertiary/aromatic N) is 3. The van der Waals surface area contributed by atoms with Crippen LogP contribution in [0, 0.1) is 13.8 Å². The lowest BCUT2D eigenvalue weighted by Crippen LogP contribution is -2.42. The molecule has 0 spiro atoms. The number of rotatable bonds is 7. The van der Waals surface area contributed by atoms with Gasteiger partial charge in [-0.05, 0) is 32.4 Å². The normalized spacial score (nSPS) is 12.0. The summed E-state index contributed by atoms with van der Waals surface area (Å²) in [7, 11) is 1.63. The molecule has 0 bridgehead atoms. The van der Waals surface area contributed by atoms with Crippen LogP contribution in [0.4, 0.5) is 4.79 Å². The first-order valence-corrected chi connectivity index (χ1v) is 7.97. The molecule has 0 radical (unpaired) electrons. The number of aromatic amines is 1. The molecule has 2 heterocycles. The van der Waals surface area contributed by atoms with E-state index in [-0.39, 0.29) is 12.1 Å². The van der Waals surface area contributed by atoms with Gasteiger partial charge >= 0.3 is 6.03 Å². The number of H-pyrrole nitrogens is 1. The monoisotopic (exact) mass is 331 g/mol. The van der Waals surface area contributed by atoms with Crippen molar-refractivity contribution in [1.29, 1.82) is 0 Å². The number of aromatic nitrogens is 3. The Bertz CT molecular complexity index is 637.